The summed E-state index contributed by atoms with van der Waals surface area (Å²) < 4.78 is 13.4. The molecule has 1 atom stereocenters. The number of aliphatic carboxylic acids is 1. The number of carbonyl (C=O) groups excluding carboxylic acids is 1. The van der Waals surface area contributed by atoms with E-state index in [9.17, 15) is 19.1 Å². The maximum atomic E-state index is 13.4. The number of benzene rings is 2. The molecule has 2 amide bonds. The second-order valence-electron chi connectivity index (χ2n) is 4.66. The maximum absolute atomic E-state index is 13.4. The van der Waals surface area contributed by atoms with Crippen molar-refractivity contribution >= 4 is 17.7 Å². The van der Waals surface area contributed by atoms with Crippen LogP contribution in [0.1, 0.15) is 5.56 Å². The van der Waals surface area contributed by atoms with Crippen LogP contribution in [0.2, 0.25) is 0 Å². The summed E-state index contributed by atoms with van der Waals surface area (Å²) in [6, 6.07) is 12.7. The van der Waals surface area contributed by atoms with Crippen LogP contribution in [0.3, 0.4) is 0 Å². The van der Waals surface area contributed by atoms with Gasteiger partial charge in [0.2, 0.25) is 0 Å². The number of hydrogen-bond acceptors (Lipinski definition) is 2. The Bertz CT molecular complexity index is 661. The first-order chi connectivity index (χ1) is 10.6. The number of para-hydroxylation sites is 1. The molecular formula is C16H15FN2O3. The van der Waals surface area contributed by atoms with E-state index in [4.69, 9.17) is 0 Å². The quantitative estimate of drug-likeness (QED) is 0.794. The summed E-state index contributed by atoms with van der Waals surface area (Å²) in [6.45, 7) is 0. The van der Waals surface area contributed by atoms with Gasteiger partial charge < -0.3 is 15.7 Å². The summed E-state index contributed by atoms with van der Waals surface area (Å²) in [5.41, 5.74) is 0.768. The highest BCUT2D eigenvalue weighted by Crippen LogP contribution is 2.12. The Hall–Kier alpha value is -2.89. The van der Waals surface area contributed by atoms with E-state index in [-0.39, 0.29) is 12.1 Å². The van der Waals surface area contributed by atoms with Gasteiger partial charge in [-0.1, -0.05) is 42.5 Å². The first-order valence-corrected chi connectivity index (χ1v) is 6.65. The van der Waals surface area contributed by atoms with Crippen molar-refractivity contribution in [3.8, 4) is 0 Å². The molecule has 114 valence electrons. The Morgan fingerprint density at radius 2 is 1.68 bits per heavy atom. The minimum Gasteiger partial charge on any atom is -0.480 e. The topological polar surface area (TPSA) is 78.4 Å². The fraction of sp³-hybridized carbons (Fsp3) is 0.125. The van der Waals surface area contributed by atoms with Gasteiger partial charge in [0.25, 0.3) is 0 Å². The van der Waals surface area contributed by atoms with Crippen LogP contribution in [0.25, 0.3) is 0 Å². The Labute approximate surface area is 126 Å². The summed E-state index contributed by atoms with van der Waals surface area (Å²) in [5.74, 6) is -1.75. The van der Waals surface area contributed by atoms with Crippen molar-refractivity contribution < 1.29 is 19.1 Å². The summed E-state index contributed by atoms with van der Waals surface area (Å²) in [6.07, 6.45) is 0.140. The van der Waals surface area contributed by atoms with Crippen LogP contribution >= 0.6 is 0 Å². The van der Waals surface area contributed by atoms with E-state index in [2.05, 4.69) is 10.6 Å². The van der Waals surface area contributed by atoms with Crippen LogP contribution in [0.5, 0.6) is 0 Å². The Kier molecular flexibility index (Phi) is 5.08. The van der Waals surface area contributed by atoms with E-state index in [1.165, 1.54) is 18.2 Å². The van der Waals surface area contributed by atoms with E-state index in [0.717, 1.165) is 5.56 Å². The molecule has 0 fully saturated rings. The molecule has 0 bridgehead atoms. The lowest BCUT2D eigenvalue weighted by Crippen LogP contribution is -2.44. The molecule has 0 aliphatic carbocycles. The molecule has 0 spiro atoms. The normalized spacial score (nSPS) is 11.5. The third-order valence-electron chi connectivity index (χ3n) is 3.01. The van der Waals surface area contributed by atoms with Gasteiger partial charge in [0.1, 0.15) is 11.9 Å². The molecule has 2 aromatic carbocycles. The molecule has 0 saturated carbocycles. The molecular weight excluding hydrogens is 287 g/mol. The summed E-state index contributed by atoms with van der Waals surface area (Å²) in [7, 11) is 0. The third-order valence-corrected chi connectivity index (χ3v) is 3.01. The largest absolute Gasteiger partial charge is 0.480 e. The van der Waals surface area contributed by atoms with Crippen molar-refractivity contribution in [2.24, 2.45) is 0 Å². The molecule has 22 heavy (non-hydrogen) atoms. The van der Waals surface area contributed by atoms with Crippen LogP contribution in [0.15, 0.2) is 54.6 Å². The van der Waals surface area contributed by atoms with Crippen molar-refractivity contribution in [2.75, 3.05) is 5.32 Å². The zero-order valence-corrected chi connectivity index (χ0v) is 11.6. The number of carboxylic acids is 1. The molecule has 0 aliphatic rings. The van der Waals surface area contributed by atoms with E-state index in [1.54, 1.807) is 30.3 Å². The van der Waals surface area contributed by atoms with Gasteiger partial charge in [-0.15, -0.1) is 0 Å². The molecule has 3 N–H and O–H groups in total. The predicted octanol–water partition coefficient (Wildman–Crippen LogP) is 2.64. The molecule has 0 radical (unpaired) electrons. The van der Waals surface area contributed by atoms with Gasteiger partial charge >= 0.3 is 12.0 Å². The molecule has 0 saturated heterocycles. The molecule has 0 heterocycles. The van der Waals surface area contributed by atoms with Gasteiger partial charge in [-0.05, 0) is 17.7 Å². The summed E-state index contributed by atoms with van der Waals surface area (Å²) >= 11 is 0. The van der Waals surface area contributed by atoms with Crippen LogP contribution in [0.4, 0.5) is 14.9 Å². The number of carbonyl (C=O) groups is 2. The number of amides is 2. The maximum Gasteiger partial charge on any atom is 0.326 e. The summed E-state index contributed by atoms with van der Waals surface area (Å²) in [5, 5.41) is 13.8. The second kappa shape index (κ2) is 7.21. The van der Waals surface area contributed by atoms with Gasteiger partial charge in [-0.3, -0.25) is 0 Å². The Morgan fingerprint density at radius 1 is 1.05 bits per heavy atom. The molecule has 0 aromatic heterocycles. The number of nitrogens with one attached hydrogen (secondary N) is 2. The van der Waals surface area contributed by atoms with Gasteiger partial charge in [0.05, 0.1) is 5.69 Å². The molecule has 6 heteroatoms. The van der Waals surface area contributed by atoms with Crippen molar-refractivity contribution in [2.45, 2.75) is 12.5 Å². The molecule has 5 nitrogen and oxygen atoms in total. The minimum absolute atomic E-state index is 0.0103. The van der Waals surface area contributed by atoms with E-state index >= 15 is 0 Å². The van der Waals surface area contributed by atoms with E-state index in [1.807, 2.05) is 6.07 Å². The number of halogens is 1. The predicted molar refractivity (Wildman–Crippen MR) is 80.1 cm³/mol. The summed E-state index contributed by atoms with van der Waals surface area (Å²) in [4.78, 5) is 23.1. The smallest absolute Gasteiger partial charge is 0.326 e. The van der Waals surface area contributed by atoms with Crippen LogP contribution in [-0.4, -0.2) is 23.1 Å². The van der Waals surface area contributed by atoms with Gasteiger partial charge in [0.15, 0.2) is 0 Å². The lowest BCUT2D eigenvalue weighted by molar-refractivity contribution is -0.139. The second-order valence-corrected chi connectivity index (χ2v) is 4.66. The Morgan fingerprint density at radius 3 is 2.32 bits per heavy atom. The standard InChI is InChI=1S/C16H15FN2O3/c17-12-8-4-5-9-13(12)18-16(22)19-14(15(20)21)10-11-6-2-1-3-7-11/h1-9,14H,10H2,(H,20,21)(H2,18,19,22). The average Bonchev–Trinajstić information content (AvgIpc) is 2.50. The van der Waals surface area contributed by atoms with Crippen LogP contribution in [0, 0.1) is 5.82 Å². The molecule has 2 aromatic rings. The molecule has 2 rings (SSSR count). The van der Waals surface area contributed by atoms with Gasteiger partial charge in [0, 0.05) is 6.42 Å². The molecule has 1 unspecified atom stereocenters. The zero-order chi connectivity index (χ0) is 15.9. The SMILES string of the molecule is O=C(Nc1ccccc1F)NC(Cc1ccccc1)C(=O)O. The highest BCUT2D eigenvalue weighted by atomic mass is 19.1. The lowest BCUT2D eigenvalue weighted by atomic mass is 10.1. The van der Waals surface area contributed by atoms with E-state index < -0.39 is 23.9 Å². The highest BCUT2D eigenvalue weighted by Gasteiger charge is 2.20. The zero-order valence-electron chi connectivity index (χ0n) is 11.6. The van der Waals surface area contributed by atoms with E-state index in [0.29, 0.717) is 0 Å². The van der Waals surface area contributed by atoms with Crippen molar-refractivity contribution in [3.05, 3.63) is 66.0 Å². The third kappa shape index (κ3) is 4.31. The first kappa shape index (κ1) is 15.5. The van der Waals surface area contributed by atoms with Crippen molar-refractivity contribution in [1.82, 2.24) is 5.32 Å². The fourth-order valence-electron chi connectivity index (χ4n) is 1.93. The number of rotatable bonds is 5. The first-order valence-electron chi connectivity index (χ1n) is 6.65. The van der Waals surface area contributed by atoms with Crippen LogP contribution in [-0.2, 0) is 11.2 Å². The van der Waals surface area contributed by atoms with Crippen molar-refractivity contribution in [3.63, 3.8) is 0 Å². The van der Waals surface area contributed by atoms with Crippen LogP contribution < -0.4 is 10.6 Å². The average molecular weight is 302 g/mol. The number of urea groups is 1. The van der Waals surface area contributed by atoms with Crippen molar-refractivity contribution in [1.29, 1.82) is 0 Å². The fourth-order valence-corrected chi connectivity index (χ4v) is 1.93. The molecule has 0 aliphatic heterocycles. The monoisotopic (exact) mass is 302 g/mol. The lowest BCUT2D eigenvalue weighted by Gasteiger charge is -2.15. The van der Waals surface area contributed by atoms with Gasteiger partial charge in [-0.25, -0.2) is 14.0 Å². The number of hydrogen-bond donors (Lipinski definition) is 3. The highest BCUT2D eigenvalue weighted by molar-refractivity contribution is 5.92. The van der Waals surface area contributed by atoms with Gasteiger partial charge in [-0.2, -0.15) is 0 Å². The Balaban J connectivity index is 2.00. The number of carboxylic acid groups (broad SMARTS) is 1. The minimum atomic E-state index is -1.16. The number of anilines is 1.